The quantitative estimate of drug-likeness (QED) is 0.125. The lowest BCUT2D eigenvalue weighted by Crippen LogP contribution is -2.58. The number of amides is 3. The molecule has 15 nitrogen and oxygen atoms in total. The third-order valence-electron chi connectivity index (χ3n) is 11.2. The Morgan fingerprint density at radius 2 is 1.67 bits per heavy atom. The number of nitrogens with one attached hydrogen (secondary N) is 2. The Morgan fingerprint density at radius 3 is 2.35 bits per heavy atom. The standard InChI is InChI=1S/C44H52N10O5S/c1-26(29-10-12-30(13-11-29)39-27(2)47-25-60-39)48-42(58)35-22-31(55)24-54(35)43(59)40(44(3,4)5)49-38(57)21-28-14-15-46-37(20-28)53-18-16-52(17-19-53)34-23-33(50-51-41(34)45)32-8-6-7-9-36(32)56/h6-15,20,23,25-26,31,35,40,55-56H,16-19,21-22,24H2,1-5H3,(H2,45,51)(H,48,58)(H,49,57)/t26-,31+,35-,40?/m0/s1. The number of rotatable bonds is 11. The van der Waals surface area contributed by atoms with Gasteiger partial charge >= 0.3 is 0 Å². The molecule has 2 aromatic carbocycles. The fourth-order valence-electron chi connectivity index (χ4n) is 7.80. The van der Waals surface area contributed by atoms with Crippen LogP contribution in [0.25, 0.3) is 21.7 Å². The van der Waals surface area contributed by atoms with Gasteiger partial charge in [-0.1, -0.05) is 57.2 Å². The largest absolute Gasteiger partial charge is 0.507 e. The minimum Gasteiger partial charge on any atom is -0.507 e. The molecular formula is C44H52N10O5S. The number of thiazole rings is 1. The predicted octanol–water partition coefficient (Wildman–Crippen LogP) is 4.50. The number of nitrogens with two attached hydrogens (primary N) is 1. The van der Waals surface area contributed by atoms with Crippen molar-refractivity contribution in [1.82, 2.24) is 35.7 Å². The molecule has 2 aliphatic heterocycles. The highest BCUT2D eigenvalue weighted by Gasteiger charge is 2.44. The van der Waals surface area contributed by atoms with Gasteiger partial charge in [0.15, 0.2) is 5.82 Å². The zero-order valence-electron chi connectivity index (χ0n) is 34.5. The van der Waals surface area contributed by atoms with Gasteiger partial charge in [-0.2, -0.15) is 0 Å². The highest BCUT2D eigenvalue weighted by atomic mass is 32.1. The van der Waals surface area contributed by atoms with Crippen LogP contribution in [0.15, 0.2) is 78.4 Å². The van der Waals surface area contributed by atoms with E-state index >= 15 is 0 Å². The first-order valence-electron chi connectivity index (χ1n) is 20.1. The molecule has 0 saturated carbocycles. The zero-order chi connectivity index (χ0) is 42.7. The minimum absolute atomic E-state index is 0.00901. The molecule has 1 unspecified atom stereocenters. The number of phenolic OH excluding ortho intramolecular Hbond substituents is 1. The van der Waals surface area contributed by atoms with E-state index in [1.807, 2.05) is 82.6 Å². The summed E-state index contributed by atoms with van der Waals surface area (Å²) >= 11 is 1.58. The number of aryl methyl sites for hydroxylation is 1. The number of carbonyl (C=O) groups is 3. The summed E-state index contributed by atoms with van der Waals surface area (Å²) in [6, 6.07) is 18.2. The van der Waals surface area contributed by atoms with Crippen LogP contribution in [0.2, 0.25) is 0 Å². The number of β-amino-alcohol motifs (C(OH)–C–C–N with tert-alkyl or cyclic N) is 1. The van der Waals surface area contributed by atoms with E-state index in [2.05, 4.69) is 40.6 Å². The number of benzene rings is 2. The van der Waals surface area contributed by atoms with Crippen LogP contribution in [0, 0.1) is 12.3 Å². The Morgan fingerprint density at radius 1 is 0.950 bits per heavy atom. The number of para-hydroxylation sites is 1. The first-order valence-corrected chi connectivity index (χ1v) is 21.0. The molecule has 2 saturated heterocycles. The van der Waals surface area contributed by atoms with Crippen LogP contribution >= 0.6 is 11.3 Å². The molecular weight excluding hydrogens is 781 g/mol. The fraction of sp³-hybridized carbons (Fsp3) is 0.386. The first-order chi connectivity index (χ1) is 28.7. The normalized spacial score (nSPS) is 17.9. The average molecular weight is 833 g/mol. The maximum absolute atomic E-state index is 14.3. The van der Waals surface area contributed by atoms with E-state index in [-0.39, 0.29) is 43.0 Å². The third-order valence-corrected chi connectivity index (χ3v) is 12.1. The van der Waals surface area contributed by atoms with Crippen molar-refractivity contribution in [2.75, 3.05) is 48.3 Å². The lowest BCUT2D eigenvalue weighted by molar-refractivity contribution is -0.144. The highest BCUT2D eigenvalue weighted by molar-refractivity contribution is 7.13. The molecule has 0 bridgehead atoms. The van der Waals surface area contributed by atoms with Crippen molar-refractivity contribution in [3.05, 3.63) is 95.3 Å². The van der Waals surface area contributed by atoms with Gasteiger partial charge in [0.2, 0.25) is 17.7 Å². The second kappa shape index (κ2) is 17.6. The molecule has 3 aromatic heterocycles. The van der Waals surface area contributed by atoms with Crippen LogP contribution in [-0.2, 0) is 20.8 Å². The van der Waals surface area contributed by atoms with Crippen molar-refractivity contribution in [2.24, 2.45) is 5.41 Å². The van der Waals surface area contributed by atoms with E-state index in [1.165, 1.54) is 4.90 Å². The zero-order valence-corrected chi connectivity index (χ0v) is 35.3. The minimum atomic E-state index is -0.957. The number of pyridine rings is 1. The lowest BCUT2D eigenvalue weighted by atomic mass is 9.85. The molecule has 4 atom stereocenters. The number of hydrogen-bond donors (Lipinski definition) is 5. The molecule has 60 heavy (non-hydrogen) atoms. The lowest BCUT2D eigenvalue weighted by Gasteiger charge is -2.37. The van der Waals surface area contributed by atoms with Crippen molar-refractivity contribution >= 4 is 46.4 Å². The molecule has 7 rings (SSSR count). The number of hydrogen-bond acceptors (Lipinski definition) is 13. The third kappa shape index (κ3) is 9.34. The number of aromatic nitrogens is 4. The van der Waals surface area contributed by atoms with E-state index in [0.29, 0.717) is 43.3 Å². The molecule has 2 aliphatic rings. The van der Waals surface area contributed by atoms with Crippen molar-refractivity contribution in [3.8, 4) is 27.4 Å². The molecule has 314 valence electrons. The number of anilines is 3. The van der Waals surface area contributed by atoms with Crippen molar-refractivity contribution in [3.63, 3.8) is 0 Å². The van der Waals surface area contributed by atoms with Crippen LogP contribution in [0.3, 0.4) is 0 Å². The average Bonchev–Trinajstić information content (AvgIpc) is 3.85. The number of likely N-dealkylation sites (tertiary alicyclic amines) is 1. The van der Waals surface area contributed by atoms with Gasteiger partial charge in [-0.25, -0.2) is 9.97 Å². The fourth-order valence-corrected chi connectivity index (χ4v) is 8.61. The molecule has 3 amide bonds. The van der Waals surface area contributed by atoms with E-state index in [9.17, 15) is 24.6 Å². The Balaban J connectivity index is 0.965. The Hall–Kier alpha value is -6.13. The van der Waals surface area contributed by atoms with Crippen molar-refractivity contribution in [2.45, 2.75) is 71.7 Å². The number of aliphatic hydroxyl groups is 1. The number of nitrogens with zero attached hydrogens (tertiary/aromatic N) is 7. The SMILES string of the molecule is Cc1ncsc1-c1ccc([C@H](C)NC(=O)[C@@H]2C[C@@H](O)CN2C(=O)C(NC(=O)Cc2ccnc(N3CCN(c4cc(-c5ccccc5O)nnc4N)CC3)c2)C(C)(C)C)cc1. The number of aliphatic hydroxyl groups excluding tert-OH is 1. The van der Waals surface area contributed by atoms with Crippen LogP contribution in [0.5, 0.6) is 5.75 Å². The van der Waals surface area contributed by atoms with Crippen LogP contribution in [0.4, 0.5) is 17.3 Å². The van der Waals surface area contributed by atoms with Crippen LogP contribution < -0.4 is 26.2 Å². The summed E-state index contributed by atoms with van der Waals surface area (Å²) in [4.78, 5) is 57.3. The van der Waals surface area contributed by atoms with Crippen molar-refractivity contribution in [1.29, 1.82) is 0 Å². The maximum Gasteiger partial charge on any atom is 0.246 e. The van der Waals surface area contributed by atoms with Gasteiger partial charge in [0.25, 0.3) is 0 Å². The summed E-state index contributed by atoms with van der Waals surface area (Å²) in [5.74, 6) is -0.00121. The highest BCUT2D eigenvalue weighted by Crippen LogP contribution is 2.33. The second-order valence-corrected chi connectivity index (χ2v) is 17.4. The number of carbonyl (C=O) groups excluding carboxylic acids is 3. The first kappa shape index (κ1) is 42.0. The summed E-state index contributed by atoms with van der Waals surface area (Å²) in [6.07, 6.45) is 0.899. The summed E-state index contributed by atoms with van der Waals surface area (Å²) < 4.78 is 0. The van der Waals surface area contributed by atoms with E-state index in [0.717, 1.165) is 38.8 Å². The molecule has 5 aromatic rings. The molecule has 0 spiro atoms. The number of nitrogen functional groups attached to an aromatic ring is 1. The predicted molar refractivity (Wildman–Crippen MR) is 232 cm³/mol. The number of piperazine rings is 1. The topological polar surface area (TPSA) is 203 Å². The molecule has 6 N–H and O–H groups in total. The van der Waals surface area contributed by atoms with Gasteiger partial charge < -0.3 is 41.3 Å². The van der Waals surface area contributed by atoms with Crippen LogP contribution in [0.1, 0.15) is 57.0 Å². The van der Waals surface area contributed by atoms with E-state index < -0.39 is 29.5 Å². The van der Waals surface area contributed by atoms with E-state index in [4.69, 9.17) is 5.73 Å². The second-order valence-electron chi connectivity index (χ2n) is 16.6. The smallest absolute Gasteiger partial charge is 0.246 e. The Labute approximate surface area is 353 Å². The molecule has 0 aliphatic carbocycles. The van der Waals surface area contributed by atoms with Crippen LogP contribution in [-0.4, -0.2) is 104 Å². The van der Waals surface area contributed by atoms with Gasteiger partial charge in [0, 0.05) is 50.9 Å². The van der Waals surface area contributed by atoms with Gasteiger partial charge in [-0.05, 0) is 66.3 Å². The molecule has 0 radical (unpaired) electrons. The summed E-state index contributed by atoms with van der Waals surface area (Å²) in [5.41, 5.74) is 12.8. The van der Waals surface area contributed by atoms with Gasteiger partial charge in [0.1, 0.15) is 23.7 Å². The van der Waals surface area contributed by atoms with E-state index in [1.54, 1.807) is 41.8 Å². The maximum atomic E-state index is 14.3. The molecule has 2 fully saturated rings. The summed E-state index contributed by atoms with van der Waals surface area (Å²) in [7, 11) is 0. The van der Waals surface area contributed by atoms with Gasteiger partial charge in [-0.15, -0.1) is 21.5 Å². The summed E-state index contributed by atoms with van der Waals surface area (Å²) in [5, 5.41) is 35.4. The molecule has 5 heterocycles. The van der Waals surface area contributed by atoms with Gasteiger partial charge in [0.05, 0.1) is 46.0 Å². The van der Waals surface area contributed by atoms with Crippen molar-refractivity contribution < 1.29 is 24.6 Å². The number of aromatic hydroxyl groups is 1. The number of phenols is 1. The monoisotopic (exact) mass is 832 g/mol. The summed E-state index contributed by atoms with van der Waals surface area (Å²) in [6.45, 7) is 12.0. The Kier molecular flexibility index (Phi) is 12.3. The van der Waals surface area contributed by atoms with Gasteiger partial charge in [-0.3, -0.25) is 14.4 Å². The molecule has 16 heteroatoms. The Bertz CT molecular complexity index is 2340.